The molecule has 2 saturated heterocycles. The Bertz CT molecular complexity index is 1360. The predicted octanol–water partition coefficient (Wildman–Crippen LogP) is -3.15. The van der Waals surface area contributed by atoms with Gasteiger partial charge in [0, 0.05) is 38.8 Å². The molecule has 17 heteroatoms. The van der Waals surface area contributed by atoms with Gasteiger partial charge in [-0.25, -0.2) is 4.39 Å². The van der Waals surface area contributed by atoms with E-state index in [1.165, 1.54) is 6.07 Å². The summed E-state index contributed by atoms with van der Waals surface area (Å²) in [6, 6.07) is 4.43. The maximum atomic E-state index is 14.7. The lowest BCUT2D eigenvalue weighted by molar-refractivity contribution is -0.398. The molecule has 0 saturated carbocycles. The molecule has 2 amide bonds. The number of hydrogen-bond donors (Lipinski definition) is 9. The van der Waals surface area contributed by atoms with Crippen LogP contribution >= 0.6 is 0 Å². The molecule has 2 fully saturated rings. The highest BCUT2D eigenvalue weighted by Gasteiger charge is 2.71. The molecule has 1 unspecified atom stereocenters. The molecule has 3 rings (SSSR count). The molecule has 2 radical (unpaired) electrons. The molecule has 1 aromatic carbocycles. The number of likely N-dealkylation sites (tertiary alicyclic amines) is 1. The standard InChI is InChI=1S/C26H32BFN4O11/c1-14(34)20(35)19-17(12-32(22(19)36)25(40,23(37)29-2)26(41,42)24(38,39)13-33)21(27)30-10-16-9-15(3-4-18(16)28)11-31-5-7-43-8-6-31/h3-4,9,13,30,34-35,38-42H,1,5-8,10-12H2,2H3,(H,29,37)/b20-19-,21-17+. The number of amides is 2. The molecule has 43 heavy (non-hydrogen) atoms. The summed E-state index contributed by atoms with van der Waals surface area (Å²) in [4.78, 5) is 39.4. The number of aliphatic hydroxyl groups is 7. The van der Waals surface area contributed by atoms with Crippen LogP contribution in [0.5, 0.6) is 0 Å². The molecule has 232 valence electrons. The Kier molecular flexibility index (Phi) is 10.0. The fourth-order valence-corrected chi connectivity index (χ4v) is 4.60. The Morgan fingerprint density at radius 3 is 2.37 bits per heavy atom. The highest BCUT2D eigenvalue weighted by Crippen LogP contribution is 2.39. The van der Waals surface area contributed by atoms with E-state index >= 15 is 0 Å². The van der Waals surface area contributed by atoms with E-state index in [4.69, 9.17) is 12.6 Å². The zero-order chi connectivity index (χ0) is 32.3. The lowest BCUT2D eigenvalue weighted by atomic mass is 9.91. The average Bonchev–Trinajstić information content (AvgIpc) is 3.33. The van der Waals surface area contributed by atoms with Crippen LogP contribution in [0.2, 0.25) is 0 Å². The number of nitrogens with zero attached hydrogens (tertiary/aromatic N) is 2. The van der Waals surface area contributed by atoms with Crippen molar-refractivity contribution >= 4 is 25.9 Å². The third-order valence-corrected chi connectivity index (χ3v) is 7.10. The summed E-state index contributed by atoms with van der Waals surface area (Å²) < 4.78 is 20.0. The van der Waals surface area contributed by atoms with E-state index in [9.17, 15) is 54.5 Å². The molecule has 0 aromatic heterocycles. The predicted molar refractivity (Wildman–Crippen MR) is 145 cm³/mol. The van der Waals surface area contributed by atoms with E-state index in [1.807, 2.05) is 0 Å². The molecule has 1 aromatic rings. The van der Waals surface area contributed by atoms with Crippen molar-refractivity contribution in [3.8, 4) is 0 Å². The van der Waals surface area contributed by atoms with Gasteiger partial charge in [0.1, 0.15) is 13.7 Å². The van der Waals surface area contributed by atoms with E-state index < -0.39 is 76.0 Å². The number of likely N-dealkylation sites (N-methyl/N-ethyl adjacent to an activating group) is 1. The van der Waals surface area contributed by atoms with Crippen LogP contribution in [0.3, 0.4) is 0 Å². The molecule has 2 aliphatic rings. The van der Waals surface area contributed by atoms with Crippen molar-refractivity contribution in [3.05, 3.63) is 70.0 Å². The summed E-state index contributed by atoms with van der Waals surface area (Å²) in [5.41, 5.74) is -4.94. The Morgan fingerprint density at radius 1 is 1.19 bits per heavy atom. The largest absolute Gasteiger partial charge is 0.505 e. The lowest BCUT2D eigenvalue weighted by Gasteiger charge is -2.46. The van der Waals surface area contributed by atoms with Crippen LogP contribution in [0.4, 0.5) is 4.39 Å². The minimum atomic E-state index is -4.48. The van der Waals surface area contributed by atoms with Crippen LogP contribution in [0.25, 0.3) is 0 Å². The average molecular weight is 606 g/mol. The normalized spacial score (nSPS) is 20.3. The van der Waals surface area contributed by atoms with Crippen molar-refractivity contribution in [3.63, 3.8) is 0 Å². The number of nitrogens with one attached hydrogen (secondary N) is 2. The van der Waals surface area contributed by atoms with Crippen molar-refractivity contribution in [2.45, 2.75) is 30.4 Å². The van der Waals surface area contributed by atoms with Crippen LogP contribution in [-0.4, -0.2) is 129 Å². The van der Waals surface area contributed by atoms with Crippen LogP contribution in [0.15, 0.2) is 53.0 Å². The second kappa shape index (κ2) is 12.8. The smallest absolute Gasteiger partial charge is 0.285 e. The second-order valence-electron chi connectivity index (χ2n) is 9.89. The fourth-order valence-electron chi connectivity index (χ4n) is 4.60. The number of ether oxygens (including phenoxy) is 1. The fraction of sp³-hybridized carbons (Fsp3) is 0.423. The number of halogens is 1. The third kappa shape index (κ3) is 6.28. The number of benzene rings is 1. The van der Waals surface area contributed by atoms with Gasteiger partial charge in [-0.3, -0.25) is 24.2 Å². The Morgan fingerprint density at radius 2 is 1.81 bits per heavy atom. The topological polar surface area (TPSA) is 233 Å². The first-order valence-corrected chi connectivity index (χ1v) is 12.8. The van der Waals surface area contributed by atoms with Crippen molar-refractivity contribution in [2.75, 3.05) is 39.9 Å². The molecule has 2 aliphatic heterocycles. The van der Waals surface area contributed by atoms with Crippen molar-refractivity contribution in [2.24, 2.45) is 0 Å². The maximum Gasteiger partial charge on any atom is 0.285 e. The van der Waals surface area contributed by atoms with Gasteiger partial charge in [0.25, 0.3) is 29.1 Å². The lowest BCUT2D eigenvalue weighted by Crippen LogP contribution is -2.79. The van der Waals surface area contributed by atoms with Crippen LogP contribution < -0.4 is 10.6 Å². The number of morpholine rings is 1. The molecule has 0 bridgehead atoms. The highest BCUT2D eigenvalue weighted by atomic mass is 19.1. The Hall–Kier alpha value is -3.84. The minimum Gasteiger partial charge on any atom is -0.505 e. The quantitative estimate of drug-likeness (QED) is 0.0399. The summed E-state index contributed by atoms with van der Waals surface area (Å²) >= 11 is 0. The van der Waals surface area contributed by atoms with Gasteiger partial charge in [0.15, 0.2) is 17.8 Å². The minimum absolute atomic E-state index is 0.0432. The zero-order valence-electron chi connectivity index (χ0n) is 23.1. The van der Waals surface area contributed by atoms with Gasteiger partial charge in [-0.15, -0.1) is 0 Å². The first-order chi connectivity index (χ1) is 20.0. The van der Waals surface area contributed by atoms with Gasteiger partial charge in [0.2, 0.25) is 0 Å². The maximum absolute atomic E-state index is 14.7. The number of aliphatic hydroxyl groups excluding tert-OH is 2. The van der Waals surface area contributed by atoms with Crippen molar-refractivity contribution in [1.29, 1.82) is 0 Å². The van der Waals surface area contributed by atoms with E-state index in [0.29, 0.717) is 32.8 Å². The third-order valence-electron chi connectivity index (χ3n) is 7.10. The first-order valence-electron chi connectivity index (χ1n) is 12.8. The van der Waals surface area contributed by atoms with Crippen LogP contribution in [-0.2, 0) is 32.2 Å². The van der Waals surface area contributed by atoms with E-state index in [1.54, 1.807) is 17.4 Å². The second-order valence-corrected chi connectivity index (χ2v) is 9.89. The monoisotopic (exact) mass is 606 g/mol. The number of carbonyl (C=O) groups is 3. The van der Waals surface area contributed by atoms with Gasteiger partial charge in [0.05, 0.1) is 25.3 Å². The molecule has 2 heterocycles. The van der Waals surface area contributed by atoms with Gasteiger partial charge in [-0.2, -0.15) is 0 Å². The van der Waals surface area contributed by atoms with E-state index in [0.717, 1.165) is 12.6 Å². The van der Waals surface area contributed by atoms with Crippen molar-refractivity contribution < 1.29 is 59.3 Å². The van der Waals surface area contributed by atoms with E-state index in [-0.39, 0.29) is 17.0 Å². The van der Waals surface area contributed by atoms with Gasteiger partial charge >= 0.3 is 0 Å². The SMILES string of the molecule is [B]/C(NCc1cc(CN2CCOCC2)ccc1F)=C1/CN(C(O)(C(=O)NC)C(O)(O)C(O)(O)C=O)C(=O)/C1=C(\O)C(=C)O. The summed E-state index contributed by atoms with van der Waals surface area (Å²) in [5.74, 6) is -15.0. The van der Waals surface area contributed by atoms with Crippen LogP contribution in [0.1, 0.15) is 11.1 Å². The zero-order valence-corrected chi connectivity index (χ0v) is 23.1. The van der Waals surface area contributed by atoms with Gasteiger partial charge < -0.3 is 51.1 Å². The molecular formula is C26H32BFN4O11. The Labute approximate surface area is 246 Å². The molecule has 1 atom stereocenters. The van der Waals surface area contributed by atoms with Crippen molar-refractivity contribution in [1.82, 2.24) is 20.4 Å². The molecule has 9 N–H and O–H groups in total. The first kappa shape index (κ1) is 33.7. The summed E-state index contributed by atoms with van der Waals surface area (Å²) in [6.45, 7) is 4.78. The molecule has 0 aliphatic carbocycles. The van der Waals surface area contributed by atoms with Gasteiger partial charge in [-0.1, -0.05) is 12.6 Å². The highest BCUT2D eigenvalue weighted by molar-refractivity contribution is 6.23. The number of hydrogen-bond acceptors (Lipinski definition) is 13. The molecule has 15 nitrogen and oxygen atoms in total. The van der Waals surface area contributed by atoms with Gasteiger partial charge in [-0.05, 0) is 28.9 Å². The number of rotatable bonds is 11. The van der Waals surface area contributed by atoms with Crippen LogP contribution in [0, 0.1) is 5.82 Å². The molecule has 0 spiro atoms. The molecular weight excluding hydrogens is 574 g/mol. The summed E-state index contributed by atoms with van der Waals surface area (Å²) in [6.07, 6.45) is -0.820. The number of aldehydes is 1. The number of carbonyl (C=O) groups excluding carboxylic acids is 3. The Balaban J connectivity index is 2.03. The summed E-state index contributed by atoms with van der Waals surface area (Å²) in [5, 5.41) is 76.6. The van der Waals surface area contributed by atoms with E-state index in [2.05, 4.69) is 16.8 Å². The summed E-state index contributed by atoms with van der Waals surface area (Å²) in [7, 11) is 6.99.